The molecule has 0 amide bonds. The van der Waals surface area contributed by atoms with Crippen LogP contribution in [0.3, 0.4) is 0 Å². The number of aliphatic carboxylic acids is 2. The molecule has 0 saturated carbocycles. The standard InChI is InChI=1S/C36H64O4.C4H6/c1-3-5-7-17-23-31-29-30-32(24-18-13-12-16-22-28-36(39)40)34(33(31)25-19-8-6-4-2)26-20-14-10-9-11-15-21-27-35(37)38;1-3-4-2/h20,26,29-34H,3-19,21-25,27-28H2,1-2H3,(H,37,38)(H,39,40);3-4H,1-2H2/b26-20+;. The zero-order valence-electron chi connectivity index (χ0n) is 28.9. The summed E-state index contributed by atoms with van der Waals surface area (Å²) in [5, 5.41) is 17.7. The molecule has 1 aliphatic rings. The summed E-state index contributed by atoms with van der Waals surface area (Å²) >= 11 is 0. The van der Waals surface area contributed by atoms with Crippen LogP contribution < -0.4 is 0 Å². The minimum atomic E-state index is -0.676. The molecule has 1 aliphatic carbocycles. The van der Waals surface area contributed by atoms with Crippen molar-refractivity contribution in [3.8, 4) is 0 Å². The van der Waals surface area contributed by atoms with E-state index in [-0.39, 0.29) is 0 Å². The van der Waals surface area contributed by atoms with Crippen LogP contribution in [0.4, 0.5) is 0 Å². The lowest BCUT2D eigenvalue weighted by Gasteiger charge is -2.39. The lowest BCUT2D eigenvalue weighted by molar-refractivity contribution is -0.138. The normalized spacial score (nSPS) is 19.4. The molecule has 0 heterocycles. The lowest BCUT2D eigenvalue weighted by atomic mass is 9.66. The van der Waals surface area contributed by atoms with Crippen molar-refractivity contribution in [3.63, 3.8) is 0 Å². The van der Waals surface area contributed by atoms with Crippen molar-refractivity contribution < 1.29 is 19.8 Å². The Morgan fingerprint density at radius 2 is 1.02 bits per heavy atom. The maximum absolute atomic E-state index is 10.8. The zero-order valence-corrected chi connectivity index (χ0v) is 28.9. The van der Waals surface area contributed by atoms with Crippen LogP contribution in [0.25, 0.3) is 0 Å². The van der Waals surface area contributed by atoms with Crippen molar-refractivity contribution in [1.82, 2.24) is 0 Å². The van der Waals surface area contributed by atoms with Crippen molar-refractivity contribution in [1.29, 1.82) is 0 Å². The Hall–Kier alpha value is -2.10. The van der Waals surface area contributed by atoms with Gasteiger partial charge in [0.25, 0.3) is 0 Å². The van der Waals surface area contributed by atoms with Crippen LogP contribution in [0.5, 0.6) is 0 Å². The van der Waals surface area contributed by atoms with Gasteiger partial charge in [-0.3, -0.25) is 9.59 Å². The van der Waals surface area contributed by atoms with Gasteiger partial charge in [-0.15, -0.1) is 0 Å². The zero-order chi connectivity index (χ0) is 32.7. The van der Waals surface area contributed by atoms with Crippen molar-refractivity contribution in [2.45, 2.75) is 168 Å². The van der Waals surface area contributed by atoms with Crippen LogP contribution in [0, 0.1) is 23.7 Å². The molecule has 0 saturated heterocycles. The Balaban J connectivity index is 0.00000433. The number of hydrogen-bond acceptors (Lipinski definition) is 2. The van der Waals surface area contributed by atoms with Crippen LogP contribution in [-0.4, -0.2) is 22.2 Å². The van der Waals surface area contributed by atoms with E-state index in [0.717, 1.165) is 56.8 Å². The molecule has 1 rings (SSSR count). The van der Waals surface area contributed by atoms with E-state index in [4.69, 9.17) is 10.2 Å². The summed E-state index contributed by atoms with van der Waals surface area (Å²) in [4.78, 5) is 21.5. The van der Waals surface area contributed by atoms with Crippen molar-refractivity contribution in [3.05, 3.63) is 49.6 Å². The molecule has 4 atom stereocenters. The molecule has 4 unspecified atom stereocenters. The third-order valence-electron chi connectivity index (χ3n) is 9.14. The summed E-state index contributed by atoms with van der Waals surface area (Å²) in [5.41, 5.74) is 0. The molecule has 254 valence electrons. The number of carbonyl (C=O) groups is 2. The predicted octanol–water partition coefficient (Wildman–Crippen LogP) is 12.5. The molecule has 0 aromatic heterocycles. The van der Waals surface area contributed by atoms with Gasteiger partial charge in [0.15, 0.2) is 0 Å². The Labute approximate surface area is 272 Å². The molecule has 0 bridgehead atoms. The Kier molecular flexibility index (Phi) is 29.4. The molecule has 0 spiro atoms. The van der Waals surface area contributed by atoms with E-state index in [1.807, 2.05) is 0 Å². The van der Waals surface area contributed by atoms with E-state index in [2.05, 4.69) is 51.3 Å². The topological polar surface area (TPSA) is 74.6 Å². The second-order valence-electron chi connectivity index (χ2n) is 13.0. The Bertz CT molecular complexity index is 761. The van der Waals surface area contributed by atoms with E-state index >= 15 is 0 Å². The summed E-state index contributed by atoms with van der Waals surface area (Å²) in [7, 11) is 0. The van der Waals surface area contributed by atoms with Crippen molar-refractivity contribution in [2.24, 2.45) is 23.7 Å². The van der Waals surface area contributed by atoms with E-state index in [1.165, 1.54) is 96.3 Å². The van der Waals surface area contributed by atoms with Gasteiger partial charge in [-0.25, -0.2) is 0 Å². The smallest absolute Gasteiger partial charge is 0.303 e. The first-order valence-electron chi connectivity index (χ1n) is 18.4. The highest BCUT2D eigenvalue weighted by Crippen LogP contribution is 2.43. The summed E-state index contributed by atoms with van der Waals surface area (Å²) < 4.78 is 0. The molecule has 0 aliphatic heterocycles. The molecule has 0 aromatic rings. The van der Waals surface area contributed by atoms with Gasteiger partial charge in [0, 0.05) is 12.8 Å². The van der Waals surface area contributed by atoms with Gasteiger partial charge < -0.3 is 10.2 Å². The van der Waals surface area contributed by atoms with Gasteiger partial charge in [0.05, 0.1) is 0 Å². The van der Waals surface area contributed by atoms with Gasteiger partial charge in [0.2, 0.25) is 0 Å². The fourth-order valence-electron chi connectivity index (χ4n) is 6.57. The fourth-order valence-corrected chi connectivity index (χ4v) is 6.57. The Morgan fingerprint density at radius 3 is 1.55 bits per heavy atom. The maximum atomic E-state index is 10.8. The summed E-state index contributed by atoms with van der Waals surface area (Å²) in [6.45, 7) is 11.3. The first-order chi connectivity index (χ1) is 21.4. The van der Waals surface area contributed by atoms with Gasteiger partial charge in [-0.2, -0.15) is 0 Å². The molecule has 4 heteroatoms. The third kappa shape index (κ3) is 24.2. The molecule has 44 heavy (non-hydrogen) atoms. The van der Waals surface area contributed by atoms with Gasteiger partial charge in [-0.1, -0.05) is 160 Å². The average Bonchev–Trinajstić information content (AvgIpc) is 3.01. The number of rotatable bonds is 28. The lowest BCUT2D eigenvalue weighted by Crippen LogP contribution is -2.30. The third-order valence-corrected chi connectivity index (χ3v) is 9.14. The molecule has 2 N–H and O–H groups in total. The predicted molar refractivity (Wildman–Crippen MR) is 190 cm³/mol. The number of unbranched alkanes of at least 4 members (excludes halogenated alkanes) is 15. The molecule has 0 aromatic carbocycles. The second-order valence-corrected chi connectivity index (χ2v) is 13.0. The monoisotopic (exact) mass is 615 g/mol. The maximum Gasteiger partial charge on any atom is 0.303 e. The molecular weight excluding hydrogens is 544 g/mol. The van der Waals surface area contributed by atoms with Crippen molar-refractivity contribution >= 4 is 11.9 Å². The number of carboxylic acid groups (broad SMARTS) is 2. The van der Waals surface area contributed by atoms with E-state index < -0.39 is 11.9 Å². The van der Waals surface area contributed by atoms with Crippen LogP contribution in [0.1, 0.15) is 168 Å². The van der Waals surface area contributed by atoms with E-state index in [9.17, 15) is 9.59 Å². The van der Waals surface area contributed by atoms with Gasteiger partial charge in [0.1, 0.15) is 0 Å². The fraction of sp³-hybridized carbons (Fsp3) is 0.750. The summed E-state index contributed by atoms with van der Waals surface area (Å²) in [6.07, 6.45) is 40.8. The first kappa shape index (κ1) is 41.9. The number of hydrogen-bond donors (Lipinski definition) is 2. The highest BCUT2D eigenvalue weighted by molar-refractivity contribution is 5.66. The van der Waals surface area contributed by atoms with Crippen LogP contribution in [-0.2, 0) is 9.59 Å². The SMILES string of the molecule is C=CC=C.CCCCCCC1C=CC(CCCCCCCC(=O)O)C(/C=C/CCCCCCCC(=O)O)C1CCCCCC. The van der Waals surface area contributed by atoms with Crippen LogP contribution in [0.15, 0.2) is 49.6 Å². The number of carboxylic acids is 2. The van der Waals surface area contributed by atoms with Crippen LogP contribution >= 0.6 is 0 Å². The quantitative estimate of drug-likeness (QED) is 0.0522. The molecule has 4 nitrogen and oxygen atoms in total. The second kappa shape index (κ2) is 30.9. The van der Waals surface area contributed by atoms with Gasteiger partial charge in [-0.05, 0) is 68.6 Å². The number of allylic oxidation sites excluding steroid dienone is 6. The minimum Gasteiger partial charge on any atom is -0.481 e. The highest BCUT2D eigenvalue weighted by atomic mass is 16.4. The van der Waals surface area contributed by atoms with Gasteiger partial charge >= 0.3 is 11.9 Å². The summed E-state index contributed by atoms with van der Waals surface area (Å²) in [6, 6.07) is 0. The Morgan fingerprint density at radius 1 is 0.591 bits per heavy atom. The van der Waals surface area contributed by atoms with Crippen molar-refractivity contribution in [2.75, 3.05) is 0 Å². The van der Waals surface area contributed by atoms with Crippen LogP contribution in [0.2, 0.25) is 0 Å². The molecule has 0 radical (unpaired) electrons. The van der Waals surface area contributed by atoms with E-state index in [0.29, 0.717) is 24.7 Å². The summed E-state index contributed by atoms with van der Waals surface area (Å²) in [5.74, 6) is 1.41. The molecular formula is C40H70O4. The first-order valence-corrected chi connectivity index (χ1v) is 18.4. The van der Waals surface area contributed by atoms with E-state index in [1.54, 1.807) is 12.2 Å². The minimum absolute atomic E-state index is 0.304. The average molecular weight is 615 g/mol. The molecule has 0 fully saturated rings. The highest BCUT2D eigenvalue weighted by Gasteiger charge is 2.33. The largest absolute Gasteiger partial charge is 0.481 e.